The minimum absolute atomic E-state index is 0.163. The molecule has 0 rings (SSSR count). The third-order valence-electron chi connectivity index (χ3n) is 0.528. The van der Waals surface area contributed by atoms with Gasteiger partial charge >= 0.3 is 6.68 Å². The van der Waals surface area contributed by atoms with Crippen molar-refractivity contribution in [1.82, 2.24) is 0 Å². The summed E-state index contributed by atoms with van der Waals surface area (Å²) in [7, 11) is 0. The van der Waals surface area contributed by atoms with Crippen LogP contribution in [-0.4, -0.2) is 26.1 Å². The van der Waals surface area contributed by atoms with E-state index in [1.807, 2.05) is 13.8 Å². The minimum Gasteiger partial charge on any atom is -0.376 e. The highest BCUT2D eigenvalue weighted by atomic mass is 19.4. The molecule has 0 aromatic carbocycles. The molecule has 0 amide bonds. The molecule has 0 aliphatic heterocycles. The zero-order valence-electron chi connectivity index (χ0n) is 6.49. The van der Waals surface area contributed by atoms with Gasteiger partial charge in [-0.2, -0.15) is 13.2 Å². The molecule has 0 aliphatic carbocycles. The first-order valence-electron chi connectivity index (χ1n) is 3.10. The Morgan fingerprint density at radius 1 is 1.18 bits per heavy atom. The molecule has 0 N–H and O–H groups in total. The van der Waals surface area contributed by atoms with Crippen LogP contribution in [0.3, 0.4) is 0 Å². The SMILES string of the molecule is CC(C)OCCF.FC(F)F. The van der Waals surface area contributed by atoms with Crippen molar-refractivity contribution in [2.24, 2.45) is 0 Å². The summed E-state index contributed by atoms with van der Waals surface area (Å²) < 4.78 is 45.0. The van der Waals surface area contributed by atoms with Gasteiger partial charge in [-0.1, -0.05) is 0 Å². The first-order valence-corrected chi connectivity index (χ1v) is 3.10. The Labute approximate surface area is 63.3 Å². The van der Waals surface area contributed by atoms with Crippen molar-refractivity contribution >= 4 is 0 Å². The average Bonchev–Trinajstić information content (AvgIpc) is 1.82. The number of rotatable bonds is 3. The van der Waals surface area contributed by atoms with Crippen molar-refractivity contribution in [3.63, 3.8) is 0 Å². The van der Waals surface area contributed by atoms with Gasteiger partial charge in [-0.3, -0.25) is 0 Å². The van der Waals surface area contributed by atoms with Gasteiger partial charge in [0, 0.05) is 0 Å². The topological polar surface area (TPSA) is 9.23 Å². The Hall–Kier alpha value is -0.320. The lowest BCUT2D eigenvalue weighted by molar-refractivity contribution is 0.00819. The van der Waals surface area contributed by atoms with Gasteiger partial charge in [-0.15, -0.1) is 0 Å². The van der Waals surface area contributed by atoms with Gasteiger partial charge in [0.2, 0.25) is 0 Å². The summed E-state index contributed by atoms with van der Waals surface area (Å²) in [4.78, 5) is 0. The monoisotopic (exact) mass is 176 g/mol. The molecule has 0 bridgehead atoms. The predicted molar refractivity (Wildman–Crippen MR) is 34.2 cm³/mol. The van der Waals surface area contributed by atoms with E-state index in [-0.39, 0.29) is 19.4 Å². The van der Waals surface area contributed by atoms with Gasteiger partial charge in [0.05, 0.1) is 12.7 Å². The molecule has 0 heterocycles. The standard InChI is InChI=1S/C5H11FO.CHF3/c1-5(2)7-4-3-6;2-1(3)4/h5H,3-4H2,1-2H3;1H. The van der Waals surface area contributed by atoms with Gasteiger partial charge in [0.1, 0.15) is 6.67 Å². The van der Waals surface area contributed by atoms with Crippen LogP contribution in [0.5, 0.6) is 0 Å². The van der Waals surface area contributed by atoms with E-state index in [1.165, 1.54) is 0 Å². The van der Waals surface area contributed by atoms with Gasteiger partial charge < -0.3 is 4.74 Å². The Kier molecular flexibility index (Phi) is 11.7. The molecule has 0 atom stereocenters. The molecule has 0 unspecified atom stereocenters. The van der Waals surface area contributed by atoms with E-state index in [9.17, 15) is 17.6 Å². The molecule has 11 heavy (non-hydrogen) atoms. The minimum atomic E-state index is -3.67. The quantitative estimate of drug-likeness (QED) is 0.600. The van der Waals surface area contributed by atoms with Crippen molar-refractivity contribution in [1.29, 1.82) is 0 Å². The number of ether oxygens (including phenoxy) is 1. The fourth-order valence-corrected chi connectivity index (χ4v) is 0.280. The van der Waals surface area contributed by atoms with Crippen LogP contribution >= 0.6 is 0 Å². The van der Waals surface area contributed by atoms with Crippen LogP contribution in [-0.2, 0) is 4.74 Å². The third-order valence-corrected chi connectivity index (χ3v) is 0.528. The van der Waals surface area contributed by atoms with E-state index in [0.717, 1.165) is 0 Å². The van der Waals surface area contributed by atoms with E-state index < -0.39 is 6.68 Å². The normalized spacial score (nSPS) is 9.82. The van der Waals surface area contributed by atoms with Gasteiger partial charge in [0.15, 0.2) is 0 Å². The number of halogens is 4. The predicted octanol–water partition coefficient (Wildman–Crippen LogP) is 2.56. The second-order valence-electron chi connectivity index (χ2n) is 1.86. The first-order chi connectivity index (χ1) is 5.00. The maximum absolute atomic E-state index is 11.2. The first kappa shape index (κ1) is 13.3. The van der Waals surface area contributed by atoms with Crippen LogP contribution in [0.1, 0.15) is 13.8 Å². The molecule has 0 aromatic rings. The van der Waals surface area contributed by atoms with Crippen molar-refractivity contribution in [2.75, 3.05) is 13.3 Å². The molecule has 5 heteroatoms. The smallest absolute Gasteiger partial charge is 0.376 e. The molecular formula is C6H12F4O. The van der Waals surface area contributed by atoms with E-state index in [2.05, 4.69) is 0 Å². The maximum Gasteiger partial charge on any atom is 0.379 e. The highest BCUT2D eigenvalue weighted by molar-refractivity contribution is 4.33. The molecule has 1 nitrogen and oxygen atoms in total. The highest BCUT2D eigenvalue weighted by Crippen LogP contribution is 1.87. The second kappa shape index (κ2) is 9.68. The molecular weight excluding hydrogens is 164 g/mol. The summed E-state index contributed by atoms with van der Waals surface area (Å²) in [5, 5.41) is 0. The van der Waals surface area contributed by atoms with Crippen LogP contribution < -0.4 is 0 Å². The Morgan fingerprint density at radius 3 is 1.64 bits per heavy atom. The number of hydrogen-bond donors (Lipinski definition) is 0. The molecule has 0 saturated carbocycles. The second-order valence-corrected chi connectivity index (χ2v) is 1.86. The molecule has 70 valence electrons. The van der Waals surface area contributed by atoms with Crippen LogP contribution in [0.25, 0.3) is 0 Å². The number of hydrogen-bond acceptors (Lipinski definition) is 1. The van der Waals surface area contributed by atoms with E-state index in [0.29, 0.717) is 0 Å². The zero-order chi connectivity index (χ0) is 9.28. The summed E-state index contributed by atoms with van der Waals surface area (Å²) in [6, 6.07) is 0. The van der Waals surface area contributed by atoms with Crippen LogP contribution in [0.4, 0.5) is 17.6 Å². The molecule has 0 aliphatic rings. The van der Waals surface area contributed by atoms with Gasteiger partial charge in [-0.05, 0) is 13.8 Å². The fourth-order valence-electron chi connectivity index (χ4n) is 0.280. The summed E-state index contributed by atoms with van der Waals surface area (Å²) >= 11 is 0. The Bertz CT molecular complexity index is 64.8. The van der Waals surface area contributed by atoms with Gasteiger partial charge in [-0.25, -0.2) is 4.39 Å². The van der Waals surface area contributed by atoms with Crippen molar-refractivity contribution in [3.05, 3.63) is 0 Å². The van der Waals surface area contributed by atoms with Crippen molar-refractivity contribution < 1.29 is 22.3 Å². The Balaban J connectivity index is 0. The third kappa shape index (κ3) is 42.2. The summed E-state index contributed by atoms with van der Waals surface area (Å²) in [6.45, 7) is -0.0405. The largest absolute Gasteiger partial charge is 0.379 e. The lowest BCUT2D eigenvalue weighted by Crippen LogP contribution is -2.04. The highest BCUT2D eigenvalue weighted by Gasteiger charge is 1.88. The van der Waals surface area contributed by atoms with Crippen LogP contribution in [0, 0.1) is 0 Å². The molecule has 0 spiro atoms. The molecule has 0 saturated heterocycles. The van der Waals surface area contributed by atoms with Crippen molar-refractivity contribution in [2.45, 2.75) is 26.6 Å². The van der Waals surface area contributed by atoms with Crippen LogP contribution in [0.2, 0.25) is 0 Å². The lowest BCUT2D eigenvalue weighted by atomic mass is 10.5. The summed E-state index contributed by atoms with van der Waals surface area (Å²) in [5.41, 5.74) is 0. The summed E-state index contributed by atoms with van der Waals surface area (Å²) in [5.74, 6) is 0. The average molecular weight is 176 g/mol. The Morgan fingerprint density at radius 2 is 1.55 bits per heavy atom. The summed E-state index contributed by atoms with van der Waals surface area (Å²) in [6.07, 6.45) is 0.163. The van der Waals surface area contributed by atoms with E-state index in [1.54, 1.807) is 0 Å². The molecule has 0 radical (unpaired) electrons. The fraction of sp³-hybridized carbons (Fsp3) is 1.00. The van der Waals surface area contributed by atoms with Gasteiger partial charge in [0.25, 0.3) is 0 Å². The molecule has 0 aromatic heterocycles. The van der Waals surface area contributed by atoms with Crippen molar-refractivity contribution in [3.8, 4) is 0 Å². The number of alkyl halides is 4. The van der Waals surface area contributed by atoms with E-state index >= 15 is 0 Å². The molecule has 0 fully saturated rings. The van der Waals surface area contributed by atoms with Crippen LogP contribution in [0.15, 0.2) is 0 Å². The zero-order valence-corrected chi connectivity index (χ0v) is 6.49. The lowest BCUT2D eigenvalue weighted by Gasteiger charge is -2.01. The van der Waals surface area contributed by atoms with E-state index in [4.69, 9.17) is 4.74 Å². The maximum atomic E-state index is 11.2.